The minimum absolute atomic E-state index is 0.293. The van der Waals surface area contributed by atoms with Crippen LogP contribution in [0.5, 0.6) is 0 Å². The average molecular weight is 240 g/mol. The minimum atomic E-state index is -0.646. The average Bonchev–Trinajstić information content (AvgIpc) is 2.30. The van der Waals surface area contributed by atoms with E-state index in [1.54, 1.807) is 0 Å². The topological polar surface area (TPSA) is 17.1 Å². The predicted molar refractivity (Wildman–Crippen MR) is 68.7 cm³/mol. The summed E-state index contributed by atoms with van der Waals surface area (Å²) in [6.45, 7) is 2.19. The SMILES string of the molecule is C[C@@H](c1ccccc1)C1SCCCS1=O. The third-order valence-corrected chi connectivity index (χ3v) is 6.70. The van der Waals surface area contributed by atoms with Gasteiger partial charge >= 0.3 is 0 Å². The van der Waals surface area contributed by atoms with Crippen molar-refractivity contribution in [1.82, 2.24) is 0 Å². The van der Waals surface area contributed by atoms with E-state index in [4.69, 9.17) is 0 Å². The fourth-order valence-electron chi connectivity index (χ4n) is 1.88. The summed E-state index contributed by atoms with van der Waals surface area (Å²) in [6, 6.07) is 10.4. The zero-order chi connectivity index (χ0) is 10.7. The summed E-state index contributed by atoms with van der Waals surface area (Å²) in [5.74, 6) is 2.44. The summed E-state index contributed by atoms with van der Waals surface area (Å²) >= 11 is 1.87. The van der Waals surface area contributed by atoms with Gasteiger partial charge in [0.15, 0.2) is 0 Å². The van der Waals surface area contributed by atoms with Crippen LogP contribution in [0, 0.1) is 0 Å². The highest BCUT2D eigenvalue weighted by atomic mass is 32.2. The molecular formula is C12H16OS2. The van der Waals surface area contributed by atoms with E-state index < -0.39 is 10.8 Å². The molecule has 1 aromatic rings. The van der Waals surface area contributed by atoms with E-state index in [0.29, 0.717) is 10.5 Å². The highest BCUT2D eigenvalue weighted by Crippen LogP contribution is 2.34. The van der Waals surface area contributed by atoms with Gasteiger partial charge in [-0.15, -0.1) is 11.8 Å². The molecule has 1 heterocycles. The van der Waals surface area contributed by atoms with Crippen molar-refractivity contribution < 1.29 is 4.21 Å². The molecule has 15 heavy (non-hydrogen) atoms. The summed E-state index contributed by atoms with van der Waals surface area (Å²) in [5.41, 5.74) is 1.31. The smallest absolute Gasteiger partial charge is 0.0866 e. The molecule has 1 saturated heterocycles. The highest BCUT2D eigenvalue weighted by Gasteiger charge is 2.27. The van der Waals surface area contributed by atoms with Gasteiger partial charge in [-0.2, -0.15) is 0 Å². The Morgan fingerprint density at radius 1 is 1.40 bits per heavy atom. The van der Waals surface area contributed by atoms with Gasteiger partial charge in [-0.05, 0) is 17.7 Å². The maximum Gasteiger partial charge on any atom is 0.0866 e. The summed E-state index contributed by atoms with van der Waals surface area (Å²) < 4.78 is 12.2. The van der Waals surface area contributed by atoms with E-state index in [9.17, 15) is 4.21 Å². The van der Waals surface area contributed by atoms with E-state index in [-0.39, 0.29) is 0 Å². The van der Waals surface area contributed by atoms with Crippen molar-refractivity contribution in [2.24, 2.45) is 0 Å². The molecule has 1 fully saturated rings. The van der Waals surface area contributed by atoms with Crippen molar-refractivity contribution in [3.63, 3.8) is 0 Å². The molecule has 82 valence electrons. The molecule has 2 rings (SSSR count). The standard InChI is InChI=1S/C12H16OS2/c1-10(11-6-3-2-4-7-11)12-14-8-5-9-15(12)13/h2-4,6-7,10,12H,5,8-9H2,1H3/t10-,12?,15?/m0/s1. The third kappa shape index (κ3) is 2.64. The second-order valence-electron chi connectivity index (χ2n) is 3.88. The molecule has 3 heteroatoms. The maximum atomic E-state index is 11.9. The van der Waals surface area contributed by atoms with Crippen LogP contribution in [0.2, 0.25) is 0 Å². The number of rotatable bonds is 2. The van der Waals surface area contributed by atoms with Crippen LogP contribution in [0.4, 0.5) is 0 Å². The van der Waals surface area contributed by atoms with Gasteiger partial charge in [0.05, 0.1) is 4.58 Å². The number of thioether (sulfide) groups is 1. The quantitative estimate of drug-likeness (QED) is 0.790. The Morgan fingerprint density at radius 2 is 2.13 bits per heavy atom. The lowest BCUT2D eigenvalue weighted by molar-refractivity contribution is 0.670. The second-order valence-corrected chi connectivity index (χ2v) is 7.10. The van der Waals surface area contributed by atoms with Crippen LogP contribution in [0.25, 0.3) is 0 Å². The van der Waals surface area contributed by atoms with Crippen molar-refractivity contribution in [3.05, 3.63) is 35.9 Å². The van der Waals surface area contributed by atoms with E-state index in [1.807, 2.05) is 17.8 Å². The van der Waals surface area contributed by atoms with Crippen molar-refractivity contribution in [3.8, 4) is 0 Å². The van der Waals surface area contributed by atoms with E-state index in [1.165, 1.54) is 5.56 Å². The molecule has 2 unspecified atom stereocenters. The molecule has 0 amide bonds. The van der Waals surface area contributed by atoms with Gasteiger partial charge < -0.3 is 0 Å². The number of benzene rings is 1. The van der Waals surface area contributed by atoms with Crippen molar-refractivity contribution >= 4 is 22.6 Å². The van der Waals surface area contributed by atoms with Gasteiger partial charge in [-0.1, -0.05) is 37.3 Å². The first-order valence-electron chi connectivity index (χ1n) is 5.33. The van der Waals surface area contributed by atoms with Gasteiger partial charge in [0.25, 0.3) is 0 Å². The molecule has 0 N–H and O–H groups in total. The van der Waals surface area contributed by atoms with Crippen LogP contribution in [0.3, 0.4) is 0 Å². The van der Waals surface area contributed by atoms with Crippen molar-refractivity contribution in [2.45, 2.75) is 23.8 Å². The highest BCUT2D eigenvalue weighted by molar-refractivity contribution is 8.11. The molecule has 0 bridgehead atoms. The van der Waals surface area contributed by atoms with Crippen LogP contribution >= 0.6 is 11.8 Å². The van der Waals surface area contributed by atoms with Gasteiger partial charge in [0.1, 0.15) is 0 Å². The van der Waals surface area contributed by atoms with Gasteiger partial charge in [0.2, 0.25) is 0 Å². The van der Waals surface area contributed by atoms with Gasteiger partial charge in [0, 0.05) is 22.5 Å². The largest absolute Gasteiger partial charge is 0.258 e. The third-order valence-electron chi connectivity index (χ3n) is 2.76. The Morgan fingerprint density at radius 3 is 2.80 bits per heavy atom. The van der Waals surface area contributed by atoms with Crippen LogP contribution in [0.15, 0.2) is 30.3 Å². The first-order chi connectivity index (χ1) is 7.29. The second kappa shape index (κ2) is 5.17. The van der Waals surface area contributed by atoms with Gasteiger partial charge in [-0.3, -0.25) is 4.21 Å². The lowest BCUT2D eigenvalue weighted by atomic mass is 10.0. The molecule has 1 nitrogen and oxygen atoms in total. The van der Waals surface area contributed by atoms with Crippen LogP contribution in [-0.4, -0.2) is 20.3 Å². The molecule has 1 aliphatic rings. The van der Waals surface area contributed by atoms with E-state index >= 15 is 0 Å². The Labute approximate surface area is 98.1 Å². The van der Waals surface area contributed by atoms with Crippen molar-refractivity contribution in [2.75, 3.05) is 11.5 Å². The number of hydrogen-bond acceptors (Lipinski definition) is 2. The normalized spacial score (nSPS) is 28.6. The zero-order valence-corrected chi connectivity index (χ0v) is 10.5. The maximum absolute atomic E-state index is 11.9. The molecule has 0 aliphatic carbocycles. The van der Waals surface area contributed by atoms with E-state index in [0.717, 1.165) is 17.9 Å². The summed E-state index contributed by atoms with van der Waals surface area (Å²) in [5, 5.41) is 0. The van der Waals surface area contributed by atoms with Crippen LogP contribution in [0.1, 0.15) is 24.8 Å². The molecule has 1 aromatic carbocycles. The van der Waals surface area contributed by atoms with E-state index in [2.05, 4.69) is 31.2 Å². The molecular weight excluding hydrogens is 224 g/mol. The predicted octanol–water partition coefficient (Wildman–Crippen LogP) is 3.00. The molecule has 3 atom stereocenters. The monoisotopic (exact) mass is 240 g/mol. The Kier molecular flexibility index (Phi) is 3.87. The molecule has 0 radical (unpaired) electrons. The fourth-order valence-corrected chi connectivity index (χ4v) is 5.51. The van der Waals surface area contributed by atoms with Crippen molar-refractivity contribution in [1.29, 1.82) is 0 Å². The first-order valence-corrected chi connectivity index (χ1v) is 7.76. The van der Waals surface area contributed by atoms with Crippen LogP contribution in [-0.2, 0) is 10.8 Å². The Balaban J connectivity index is 2.13. The minimum Gasteiger partial charge on any atom is -0.258 e. The van der Waals surface area contributed by atoms with Crippen LogP contribution < -0.4 is 0 Å². The molecule has 1 aliphatic heterocycles. The summed E-state index contributed by atoms with van der Waals surface area (Å²) in [6.07, 6.45) is 1.11. The zero-order valence-electron chi connectivity index (χ0n) is 8.89. The Bertz CT molecular complexity index is 337. The summed E-state index contributed by atoms with van der Waals surface area (Å²) in [7, 11) is -0.646. The molecule has 0 saturated carbocycles. The van der Waals surface area contributed by atoms with Gasteiger partial charge in [-0.25, -0.2) is 0 Å². The molecule has 0 spiro atoms. The lowest BCUT2D eigenvalue weighted by Gasteiger charge is -2.26. The first kappa shape index (κ1) is 11.2. The fraction of sp³-hybridized carbons (Fsp3) is 0.500. The summed E-state index contributed by atoms with van der Waals surface area (Å²) in [4.78, 5) is 0. The Hall–Kier alpha value is -0.280. The number of hydrogen-bond donors (Lipinski definition) is 0. The molecule has 0 aromatic heterocycles. The lowest BCUT2D eigenvalue weighted by Crippen LogP contribution is -2.25.